The summed E-state index contributed by atoms with van der Waals surface area (Å²) in [6.07, 6.45) is 1.55. The molecule has 0 unspecified atom stereocenters. The molecule has 136 valence electrons. The molecule has 0 aliphatic carbocycles. The van der Waals surface area contributed by atoms with Crippen molar-refractivity contribution >= 4 is 17.8 Å². The second kappa shape index (κ2) is 8.75. The lowest BCUT2D eigenvalue weighted by Crippen LogP contribution is -2.20. The number of hydrogen-bond donors (Lipinski definition) is 1. The number of nitro benzene ring substituents is 1. The number of rotatable bonds is 7. The van der Waals surface area contributed by atoms with E-state index >= 15 is 0 Å². The van der Waals surface area contributed by atoms with Crippen molar-refractivity contribution in [1.82, 2.24) is 5.43 Å². The lowest BCUT2D eigenvalue weighted by Gasteiger charge is -2.07. The Balaban J connectivity index is 2.07. The maximum Gasteiger partial charge on any atom is 0.270 e. The molecule has 0 heterocycles. The largest absolute Gasteiger partial charge is 0.493 e. The molecule has 1 N–H and O–H groups in total. The highest BCUT2D eigenvalue weighted by Gasteiger charge is 2.11. The molecule has 26 heavy (non-hydrogen) atoms. The highest BCUT2D eigenvalue weighted by Crippen LogP contribution is 2.22. The number of hydrogen-bond acceptors (Lipinski definition) is 5. The Morgan fingerprint density at radius 2 is 2.04 bits per heavy atom. The zero-order valence-corrected chi connectivity index (χ0v) is 15.0. The first-order valence-electron chi connectivity index (χ1n) is 8.20. The summed E-state index contributed by atoms with van der Waals surface area (Å²) >= 11 is 0. The molecule has 0 aromatic heterocycles. The average Bonchev–Trinajstić information content (AvgIpc) is 2.59. The quantitative estimate of drug-likeness (QED) is 0.468. The molecule has 0 spiro atoms. The maximum absolute atomic E-state index is 12.1. The fraction of sp³-hybridized carbons (Fsp3) is 0.263. The highest BCUT2D eigenvalue weighted by atomic mass is 16.6. The molecule has 0 fully saturated rings. The lowest BCUT2D eigenvalue weighted by atomic mass is 10.0. The van der Waals surface area contributed by atoms with Gasteiger partial charge in [0.1, 0.15) is 5.75 Å². The van der Waals surface area contributed by atoms with Crippen LogP contribution in [-0.4, -0.2) is 23.7 Å². The van der Waals surface area contributed by atoms with Crippen molar-refractivity contribution in [2.45, 2.75) is 27.2 Å². The van der Waals surface area contributed by atoms with E-state index in [9.17, 15) is 14.9 Å². The van der Waals surface area contributed by atoms with E-state index in [4.69, 9.17) is 4.74 Å². The summed E-state index contributed by atoms with van der Waals surface area (Å²) in [5.41, 5.74) is 5.90. The monoisotopic (exact) mass is 355 g/mol. The SMILES string of the molecule is CCOc1ccc([N+](=O)[O-])cc1/C=N/NC(=O)Cc1ccc(C)cc1C. The Kier molecular flexibility index (Phi) is 6.43. The number of amides is 1. The van der Waals surface area contributed by atoms with Crippen LogP contribution in [0.15, 0.2) is 41.5 Å². The number of nitrogens with one attached hydrogen (secondary N) is 1. The van der Waals surface area contributed by atoms with E-state index in [1.54, 1.807) is 0 Å². The van der Waals surface area contributed by atoms with Gasteiger partial charge in [0.05, 0.1) is 24.2 Å². The van der Waals surface area contributed by atoms with E-state index in [-0.39, 0.29) is 18.0 Å². The van der Waals surface area contributed by atoms with Gasteiger partial charge in [0.25, 0.3) is 5.69 Å². The zero-order valence-electron chi connectivity index (χ0n) is 15.0. The van der Waals surface area contributed by atoms with Crippen molar-refractivity contribution in [1.29, 1.82) is 0 Å². The molecular formula is C19H21N3O4. The van der Waals surface area contributed by atoms with Crippen LogP contribution in [0, 0.1) is 24.0 Å². The molecule has 2 aromatic rings. The predicted octanol–water partition coefficient (Wildman–Crippen LogP) is 3.30. The second-order valence-corrected chi connectivity index (χ2v) is 5.81. The van der Waals surface area contributed by atoms with Crippen LogP contribution in [0.25, 0.3) is 0 Å². The summed E-state index contributed by atoms with van der Waals surface area (Å²) < 4.78 is 5.43. The van der Waals surface area contributed by atoms with Crippen molar-refractivity contribution in [3.8, 4) is 5.75 Å². The number of nitrogens with zero attached hydrogens (tertiary/aromatic N) is 2. The summed E-state index contributed by atoms with van der Waals surface area (Å²) in [6.45, 7) is 6.18. The van der Waals surface area contributed by atoms with Crippen molar-refractivity contribution in [2.24, 2.45) is 5.10 Å². The standard InChI is InChI=1S/C19H21N3O4/c1-4-26-18-8-7-17(22(24)25)10-16(18)12-20-21-19(23)11-15-6-5-13(2)9-14(15)3/h5-10,12H,4,11H2,1-3H3,(H,21,23)/b20-12+. The number of nitro groups is 1. The zero-order chi connectivity index (χ0) is 19.1. The molecule has 1 amide bonds. The Hall–Kier alpha value is -3.22. The van der Waals surface area contributed by atoms with Gasteiger partial charge >= 0.3 is 0 Å². The number of benzene rings is 2. The van der Waals surface area contributed by atoms with E-state index < -0.39 is 4.92 Å². The van der Waals surface area contributed by atoms with Gasteiger partial charge in [-0.3, -0.25) is 14.9 Å². The van der Waals surface area contributed by atoms with Crippen LogP contribution in [0.4, 0.5) is 5.69 Å². The summed E-state index contributed by atoms with van der Waals surface area (Å²) in [6, 6.07) is 10.1. The van der Waals surface area contributed by atoms with Crippen LogP contribution in [-0.2, 0) is 11.2 Å². The Labute approximate surface area is 151 Å². The lowest BCUT2D eigenvalue weighted by molar-refractivity contribution is -0.384. The molecule has 7 nitrogen and oxygen atoms in total. The number of carbonyl (C=O) groups excluding carboxylic acids is 1. The van der Waals surface area contributed by atoms with E-state index in [0.717, 1.165) is 16.7 Å². The summed E-state index contributed by atoms with van der Waals surface area (Å²) in [5.74, 6) is 0.196. The molecule has 0 aliphatic rings. The first kappa shape index (κ1) is 19.1. The van der Waals surface area contributed by atoms with Gasteiger partial charge in [-0.25, -0.2) is 5.43 Å². The van der Waals surface area contributed by atoms with Crippen LogP contribution in [0.5, 0.6) is 5.75 Å². The van der Waals surface area contributed by atoms with Crippen LogP contribution in [0.1, 0.15) is 29.2 Å². The minimum Gasteiger partial charge on any atom is -0.493 e. The third kappa shape index (κ3) is 5.14. The molecule has 2 aromatic carbocycles. The maximum atomic E-state index is 12.1. The van der Waals surface area contributed by atoms with Gasteiger partial charge in [0.15, 0.2) is 0 Å². The topological polar surface area (TPSA) is 93.8 Å². The van der Waals surface area contributed by atoms with Gasteiger partial charge < -0.3 is 4.74 Å². The average molecular weight is 355 g/mol. The molecule has 0 aliphatic heterocycles. The first-order valence-corrected chi connectivity index (χ1v) is 8.20. The van der Waals surface area contributed by atoms with Gasteiger partial charge in [-0.2, -0.15) is 5.10 Å². The molecule has 2 rings (SSSR count). The van der Waals surface area contributed by atoms with Crippen molar-refractivity contribution in [3.63, 3.8) is 0 Å². The van der Waals surface area contributed by atoms with Crippen molar-refractivity contribution in [3.05, 3.63) is 68.8 Å². The molecule has 0 saturated heterocycles. The number of aryl methyl sites for hydroxylation is 2. The summed E-state index contributed by atoms with van der Waals surface area (Å²) in [5, 5.41) is 14.8. The number of hydrazone groups is 1. The minimum absolute atomic E-state index is 0.0727. The normalized spacial score (nSPS) is 10.7. The van der Waals surface area contributed by atoms with Gasteiger partial charge in [-0.15, -0.1) is 0 Å². The number of carbonyl (C=O) groups is 1. The molecule has 0 saturated carbocycles. The Bertz CT molecular complexity index is 847. The molecule has 0 radical (unpaired) electrons. The first-order chi connectivity index (χ1) is 12.4. The van der Waals surface area contributed by atoms with Gasteiger partial charge in [-0.05, 0) is 38.0 Å². The van der Waals surface area contributed by atoms with Crippen molar-refractivity contribution in [2.75, 3.05) is 6.61 Å². The predicted molar refractivity (Wildman–Crippen MR) is 99.6 cm³/mol. The molecular weight excluding hydrogens is 334 g/mol. The van der Waals surface area contributed by atoms with E-state index in [0.29, 0.717) is 17.9 Å². The van der Waals surface area contributed by atoms with Gasteiger partial charge in [-0.1, -0.05) is 23.8 Å². The number of non-ortho nitro benzene ring substituents is 1. The Morgan fingerprint density at radius 1 is 1.27 bits per heavy atom. The van der Waals surface area contributed by atoms with E-state index in [2.05, 4.69) is 10.5 Å². The van der Waals surface area contributed by atoms with E-state index in [1.165, 1.54) is 24.4 Å². The smallest absolute Gasteiger partial charge is 0.270 e. The van der Waals surface area contributed by atoms with Crippen LogP contribution < -0.4 is 10.2 Å². The minimum atomic E-state index is -0.494. The van der Waals surface area contributed by atoms with Gasteiger partial charge in [0.2, 0.25) is 5.91 Å². The fourth-order valence-electron chi connectivity index (χ4n) is 2.47. The van der Waals surface area contributed by atoms with Crippen molar-refractivity contribution < 1.29 is 14.5 Å². The molecule has 7 heteroatoms. The van der Waals surface area contributed by atoms with Gasteiger partial charge in [0, 0.05) is 17.7 Å². The molecule has 0 bridgehead atoms. The summed E-state index contributed by atoms with van der Waals surface area (Å²) in [7, 11) is 0. The van der Waals surface area contributed by atoms with Crippen LogP contribution >= 0.6 is 0 Å². The Morgan fingerprint density at radius 3 is 2.69 bits per heavy atom. The fourth-order valence-corrected chi connectivity index (χ4v) is 2.47. The number of ether oxygens (including phenoxy) is 1. The summed E-state index contributed by atoms with van der Waals surface area (Å²) in [4.78, 5) is 22.5. The molecule has 0 atom stereocenters. The highest BCUT2D eigenvalue weighted by molar-refractivity contribution is 5.86. The third-order valence-electron chi connectivity index (χ3n) is 3.75. The third-order valence-corrected chi connectivity index (χ3v) is 3.75. The van der Waals surface area contributed by atoms with E-state index in [1.807, 2.05) is 39.0 Å². The van der Waals surface area contributed by atoms with Crippen LogP contribution in [0.2, 0.25) is 0 Å². The van der Waals surface area contributed by atoms with Crippen LogP contribution in [0.3, 0.4) is 0 Å². The second-order valence-electron chi connectivity index (χ2n) is 5.81.